The van der Waals surface area contributed by atoms with Crippen LogP contribution in [0.3, 0.4) is 0 Å². The average Bonchev–Trinajstić information content (AvgIpc) is 2.33. The van der Waals surface area contributed by atoms with Crippen molar-refractivity contribution in [2.75, 3.05) is 11.1 Å². The van der Waals surface area contributed by atoms with Gasteiger partial charge in [-0.2, -0.15) is 0 Å². The normalized spacial score (nSPS) is 9.94. The Hall–Kier alpha value is -2.43. The summed E-state index contributed by atoms with van der Waals surface area (Å²) in [4.78, 5) is 19.9. The van der Waals surface area contributed by atoms with Gasteiger partial charge in [-0.15, -0.1) is 0 Å². The molecule has 0 aliphatic carbocycles. The molecule has 0 unspecified atom stereocenters. The lowest BCUT2D eigenvalue weighted by Crippen LogP contribution is -2.14. The van der Waals surface area contributed by atoms with E-state index < -0.39 is 0 Å². The van der Waals surface area contributed by atoms with Crippen molar-refractivity contribution in [3.63, 3.8) is 0 Å². The van der Waals surface area contributed by atoms with Crippen LogP contribution in [0.15, 0.2) is 36.8 Å². The number of nitrogens with zero attached hydrogens (tertiary/aromatic N) is 2. The summed E-state index contributed by atoms with van der Waals surface area (Å²) in [5, 5.41) is 2.75. The Bertz CT molecular complexity index is 539. The Kier molecular flexibility index (Phi) is 3.00. The van der Waals surface area contributed by atoms with Crippen LogP contribution >= 0.6 is 0 Å². The number of aromatic nitrogens is 2. The molecule has 0 aliphatic rings. The van der Waals surface area contributed by atoms with Gasteiger partial charge in [0.1, 0.15) is 0 Å². The first-order valence-corrected chi connectivity index (χ1v) is 5.10. The highest BCUT2D eigenvalue weighted by molar-refractivity contribution is 6.05. The lowest BCUT2D eigenvalue weighted by molar-refractivity contribution is 0.102. The maximum Gasteiger partial charge on any atom is 0.257 e. The van der Waals surface area contributed by atoms with Crippen LogP contribution in [0.4, 0.5) is 11.4 Å². The molecule has 1 amide bonds. The zero-order valence-corrected chi connectivity index (χ0v) is 9.34. The van der Waals surface area contributed by atoms with E-state index in [4.69, 9.17) is 5.73 Å². The van der Waals surface area contributed by atoms with Gasteiger partial charge < -0.3 is 11.1 Å². The minimum atomic E-state index is -0.228. The van der Waals surface area contributed by atoms with E-state index in [9.17, 15) is 4.79 Å². The maximum atomic E-state index is 12.0. The molecular formula is C12H12N4O. The van der Waals surface area contributed by atoms with Gasteiger partial charge in [-0.1, -0.05) is 0 Å². The minimum Gasteiger partial charge on any atom is -0.397 e. The second kappa shape index (κ2) is 4.61. The highest BCUT2D eigenvalue weighted by atomic mass is 16.1. The average molecular weight is 228 g/mol. The molecule has 0 bridgehead atoms. The molecule has 5 nitrogen and oxygen atoms in total. The van der Waals surface area contributed by atoms with Gasteiger partial charge in [-0.25, -0.2) is 0 Å². The van der Waals surface area contributed by atoms with Crippen molar-refractivity contribution in [3.8, 4) is 0 Å². The molecule has 17 heavy (non-hydrogen) atoms. The summed E-state index contributed by atoms with van der Waals surface area (Å²) in [7, 11) is 0. The zero-order valence-electron chi connectivity index (χ0n) is 9.34. The number of nitrogen functional groups attached to an aromatic ring is 1. The van der Waals surface area contributed by atoms with Crippen LogP contribution in [-0.2, 0) is 0 Å². The number of rotatable bonds is 2. The van der Waals surface area contributed by atoms with Crippen LogP contribution in [0.25, 0.3) is 0 Å². The van der Waals surface area contributed by atoms with E-state index in [1.165, 1.54) is 6.20 Å². The fourth-order valence-electron chi connectivity index (χ4n) is 1.41. The first kappa shape index (κ1) is 11.1. The molecule has 0 fully saturated rings. The molecule has 2 aromatic heterocycles. The van der Waals surface area contributed by atoms with E-state index in [0.717, 1.165) is 0 Å². The molecule has 0 saturated heterocycles. The highest BCUT2D eigenvalue weighted by Gasteiger charge is 2.10. The largest absolute Gasteiger partial charge is 0.397 e. The fourth-order valence-corrected chi connectivity index (χ4v) is 1.41. The van der Waals surface area contributed by atoms with Crippen LogP contribution < -0.4 is 11.1 Å². The van der Waals surface area contributed by atoms with Crippen LogP contribution in [0, 0.1) is 6.92 Å². The summed E-state index contributed by atoms with van der Waals surface area (Å²) in [6.45, 7) is 1.76. The number of nitrogens with two attached hydrogens (primary N) is 1. The van der Waals surface area contributed by atoms with E-state index >= 15 is 0 Å². The third-order valence-corrected chi connectivity index (χ3v) is 2.29. The van der Waals surface area contributed by atoms with Crippen molar-refractivity contribution in [2.45, 2.75) is 6.92 Å². The van der Waals surface area contributed by atoms with Crippen LogP contribution in [-0.4, -0.2) is 15.9 Å². The lowest BCUT2D eigenvalue weighted by Gasteiger charge is -2.07. The standard InChI is InChI=1S/C12H12N4O/c1-8-11(6-9(13)7-15-8)12(17)16-10-2-4-14-5-3-10/h2-7H,13H2,1H3,(H,14,16,17). The Morgan fingerprint density at radius 2 is 2.06 bits per heavy atom. The van der Waals surface area contributed by atoms with Gasteiger partial charge in [0.15, 0.2) is 0 Å². The molecule has 2 heterocycles. The summed E-state index contributed by atoms with van der Waals surface area (Å²) in [6.07, 6.45) is 4.75. The zero-order chi connectivity index (χ0) is 12.3. The molecule has 0 aromatic carbocycles. The van der Waals surface area contributed by atoms with E-state index in [-0.39, 0.29) is 5.91 Å². The number of aryl methyl sites for hydroxylation is 1. The number of pyridine rings is 2. The van der Waals surface area contributed by atoms with Gasteiger partial charge in [0.2, 0.25) is 0 Å². The quantitative estimate of drug-likeness (QED) is 0.818. The number of hydrogen-bond donors (Lipinski definition) is 2. The molecule has 0 saturated carbocycles. The summed E-state index contributed by atoms with van der Waals surface area (Å²) >= 11 is 0. The fraction of sp³-hybridized carbons (Fsp3) is 0.0833. The second-order valence-electron chi connectivity index (χ2n) is 3.59. The predicted octanol–water partition coefficient (Wildman–Crippen LogP) is 1.62. The van der Waals surface area contributed by atoms with Crippen molar-refractivity contribution in [2.24, 2.45) is 0 Å². The number of carbonyl (C=O) groups excluding carboxylic acids is 1. The summed E-state index contributed by atoms with van der Waals surface area (Å²) in [5.74, 6) is -0.228. The Morgan fingerprint density at radius 3 is 2.76 bits per heavy atom. The van der Waals surface area contributed by atoms with Crippen molar-refractivity contribution >= 4 is 17.3 Å². The summed E-state index contributed by atoms with van der Waals surface area (Å²) < 4.78 is 0. The van der Waals surface area contributed by atoms with Gasteiger partial charge in [-0.05, 0) is 25.1 Å². The van der Waals surface area contributed by atoms with Crippen LogP contribution in [0.1, 0.15) is 16.1 Å². The summed E-state index contributed by atoms with van der Waals surface area (Å²) in [6, 6.07) is 5.04. The molecule has 0 atom stereocenters. The third-order valence-electron chi connectivity index (χ3n) is 2.29. The number of nitrogens with one attached hydrogen (secondary N) is 1. The van der Waals surface area contributed by atoms with Gasteiger partial charge in [0.05, 0.1) is 23.1 Å². The van der Waals surface area contributed by atoms with E-state index in [1.807, 2.05) is 0 Å². The van der Waals surface area contributed by atoms with Gasteiger partial charge in [0.25, 0.3) is 5.91 Å². The van der Waals surface area contributed by atoms with E-state index in [1.54, 1.807) is 37.5 Å². The minimum absolute atomic E-state index is 0.228. The molecule has 5 heteroatoms. The molecule has 2 rings (SSSR count). The van der Waals surface area contributed by atoms with E-state index in [2.05, 4.69) is 15.3 Å². The number of anilines is 2. The molecular weight excluding hydrogens is 216 g/mol. The summed E-state index contributed by atoms with van der Waals surface area (Å²) in [5.41, 5.74) is 7.88. The smallest absolute Gasteiger partial charge is 0.257 e. The van der Waals surface area contributed by atoms with Crippen molar-refractivity contribution in [1.82, 2.24) is 9.97 Å². The van der Waals surface area contributed by atoms with Gasteiger partial charge in [-0.3, -0.25) is 14.8 Å². The van der Waals surface area contributed by atoms with Crippen LogP contribution in [0.5, 0.6) is 0 Å². The first-order valence-electron chi connectivity index (χ1n) is 5.10. The Labute approximate surface area is 98.7 Å². The lowest BCUT2D eigenvalue weighted by atomic mass is 10.2. The third kappa shape index (κ3) is 2.57. The van der Waals surface area contributed by atoms with Crippen molar-refractivity contribution in [1.29, 1.82) is 0 Å². The molecule has 2 aromatic rings. The maximum absolute atomic E-state index is 12.0. The second-order valence-corrected chi connectivity index (χ2v) is 3.59. The SMILES string of the molecule is Cc1ncc(N)cc1C(=O)Nc1ccncc1. The molecule has 86 valence electrons. The number of amides is 1. The van der Waals surface area contributed by atoms with Gasteiger partial charge >= 0.3 is 0 Å². The highest BCUT2D eigenvalue weighted by Crippen LogP contribution is 2.12. The topological polar surface area (TPSA) is 80.9 Å². The molecule has 3 N–H and O–H groups in total. The molecule has 0 spiro atoms. The van der Waals surface area contributed by atoms with E-state index in [0.29, 0.717) is 22.6 Å². The molecule has 0 radical (unpaired) electrons. The van der Waals surface area contributed by atoms with Crippen molar-refractivity contribution in [3.05, 3.63) is 48.0 Å². The number of hydrogen-bond acceptors (Lipinski definition) is 4. The monoisotopic (exact) mass is 228 g/mol. The van der Waals surface area contributed by atoms with Crippen molar-refractivity contribution < 1.29 is 4.79 Å². The Morgan fingerprint density at radius 1 is 1.35 bits per heavy atom. The molecule has 0 aliphatic heterocycles. The Balaban J connectivity index is 2.23. The number of carbonyl (C=O) groups is 1. The predicted molar refractivity (Wildman–Crippen MR) is 65.6 cm³/mol. The first-order chi connectivity index (χ1) is 8.16. The van der Waals surface area contributed by atoms with Crippen LogP contribution in [0.2, 0.25) is 0 Å². The van der Waals surface area contributed by atoms with Gasteiger partial charge in [0, 0.05) is 18.1 Å².